The van der Waals surface area contributed by atoms with Gasteiger partial charge < -0.3 is 4.90 Å². The number of hydrogen-bond donors (Lipinski definition) is 1. The maximum absolute atomic E-state index is 13.0. The Kier molecular flexibility index (Phi) is 4.12. The van der Waals surface area contributed by atoms with E-state index in [-0.39, 0.29) is 10.8 Å². The zero-order chi connectivity index (χ0) is 12.3. The van der Waals surface area contributed by atoms with Gasteiger partial charge in [0, 0.05) is 24.1 Å². The molecule has 0 aliphatic rings. The van der Waals surface area contributed by atoms with Crippen LogP contribution < -0.4 is 0 Å². The third-order valence-corrected chi connectivity index (χ3v) is 2.39. The van der Waals surface area contributed by atoms with E-state index in [0.29, 0.717) is 12.1 Å². The lowest BCUT2D eigenvalue weighted by molar-refractivity contribution is 0.0806. The first-order valence-electron chi connectivity index (χ1n) is 4.80. The first kappa shape index (κ1) is 12.8. The van der Waals surface area contributed by atoms with Crippen molar-refractivity contribution in [2.75, 3.05) is 13.6 Å². The first-order valence-corrected chi connectivity index (χ1v) is 5.25. The second kappa shape index (κ2) is 5.16. The first-order chi connectivity index (χ1) is 7.41. The highest BCUT2D eigenvalue weighted by Gasteiger charge is 2.12. The molecule has 0 saturated heterocycles. The highest BCUT2D eigenvalue weighted by molar-refractivity contribution is 7.80. The maximum atomic E-state index is 13.0. The Labute approximate surface area is 100 Å². The molecule has 0 bridgehead atoms. The third-order valence-electron chi connectivity index (χ3n) is 2.05. The monoisotopic (exact) mass is 239 g/mol. The number of benzene rings is 1. The van der Waals surface area contributed by atoms with Crippen molar-refractivity contribution in [1.82, 2.24) is 4.90 Å². The van der Waals surface area contributed by atoms with Gasteiger partial charge in [0.2, 0.25) is 0 Å². The van der Waals surface area contributed by atoms with Crippen LogP contribution in [0.4, 0.5) is 4.39 Å². The van der Waals surface area contributed by atoms with Gasteiger partial charge in [-0.05, 0) is 25.1 Å². The molecule has 16 heavy (non-hydrogen) atoms. The fourth-order valence-electron chi connectivity index (χ4n) is 1.34. The molecular formula is C12H14FNOS. The van der Waals surface area contributed by atoms with E-state index in [1.165, 1.54) is 23.1 Å². The number of rotatable bonds is 3. The van der Waals surface area contributed by atoms with Crippen LogP contribution in [0.15, 0.2) is 35.2 Å². The Bertz CT molecular complexity index is 431. The fourth-order valence-corrected chi connectivity index (χ4v) is 1.56. The zero-order valence-electron chi connectivity index (χ0n) is 9.33. The van der Waals surface area contributed by atoms with Crippen LogP contribution in [0.5, 0.6) is 0 Å². The summed E-state index contributed by atoms with van der Waals surface area (Å²) < 4.78 is 13.0. The molecule has 2 nitrogen and oxygen atoms in total. The van der Waals surface area contributed by atoms with Gasteiger partial charge >= 0.3 is 0 Å². The number of carbonyl (C=O) groups excluding carboxylic acids is 1. The number of amides is 1. The summed E-state index contributed by atoms with van der Waals surface area (Å²) in [5.74, 6) is -0.597. The van der Waals surface area contributed by atoms with Crippen LogP contribution in [-0.4, -0.2) is 24.4 Å². The number of hydrogen-bond acceptors (Lipinski definition) is 2. The average molecular weight is 239 g/mol. The van der Waals surface area contributed by atoms with Crippen molar-refractivity contribution in [2.24, 2.45) is 0 Å². The lowest BCUT2D eigenvalue weighted by Crippen LogP contribution is -2.28. The van der Waals surface area contributed by atoms with Crippen molar-refractivity contribution in [3.05, 3.63) is 41.7 Å². The Morgan fingerprint density at radius 3 is 2.69 bits per heavy atom. The summed E-state index contributed by atoms with van der Waals surface area (Å²) in [6, 6.07) is 4.12. The summed E-state index contributed by atoms with van der Waals surface area (Å²) in [5.41, 5.74) is 1.32. The van der Waals surface area contributed by atoms with Crippen LogP contribution in [0.2, 0.25) is 0 Å². The number of likely N-dealkylation sites (N-methyl/N-ethyl adjacent to an activating group) is 1. The highest BCUT2D eigenvalue weighted by Crippen LogP contribution is 2.15. The van der Waals surface area contributed by atoms with E-state index in [2.05, 4.69) is 19.2 Å². The van der Waals surface area contributed by atoms with Gasteiger partial charge in [0.15, 0.2) is 0 Å². The zero-order valence-corrected chi connectivity index (χ0v) is 10.2. The quantitative estimate of drug-likeness (QED) is 0.635. The summed E-state index contributed by atoms with van der Waals surface area (Å²) in [5, 5.41) is 0. The van der Waals surface area contributed by atoms with E-state index in [1.54, 1.807) is 7.05 Å². The molecule has 0 aliphatic heterocycles. The molecule has 0 atom stereocenters. The molecule has 0 unspecified atom stereocenters. The summed E-state index contributed by atoms with van der Waals surface area (Å²) in [6.07, 6.45) is 0. The van der Waals surface area contributed by atoms with Crippen molar-refractivity contribution in [1.29, 1.82) is 0 Å². The van der Waals surface area contributed by atoms with Gasteiger partial charge in [-0.15, -0.1) is 12.6 Å². The predicted molar refractivity (Wildman–Crippen MR) is 65.4 cm³/mol. The number of halogens is 1. The van der Waals surface area contributed by atoms with Crippen molar-refractivity contribution < 1.29 is 9.18 Å². The van der Waals surface area contributed by atoms with E-state index in [1.807, 2.05) is 6.92 Å². The van der Waals surface area contributed by atoms with Gasteiger partial charge in [0.05, 0.1) is 0 Å². The van der Waals surface area contributed by atoms with E-state index in [4.69, 9.17) is 0 Å². The SMILES string of the molecule is C=C(C)CN(C)C(=O)c1ccc(F)c(S)c1. The number of carbonyl (C=O) groups is 1. The van der Waals surface area contributed by atoms with Gasteiger partial charge in [0.25, 0.3) is 5.91 Å². The molecule has 4 heteroatoms. The average Bonchev–Trinajstić information content (AvgIpc) is 2.20. The van der Waals surface area contributed by atoms with E-state index in [9.17, 15) is 9.18 Å². The molecule has 0 spiro atoms. The molecule has 0 saturated carbocycles. The molecular weight excluding hydrogens is 225 g/mol. The maximum Gasteiger partial charge on any atom is 0.253 e. The summed E-state index contributed by atoms with van der Waals surface area (Å²) in [7, 11) is 1.68. The minimum atomic E-state index is -0.428. The van der Waals surface area contributed by atoms with E-state index >= 15 is 0 Å². The Morgan fingerprint density at radius 2 is 2.19 bits per heavy atom. The van der Waals surface area contributed by atoms with Crippen molar-refractivity contribution in [3.63, 3.8) is 0 Å². The number of thiol groups is 1. The number of nitrogens with zero attached hydrogens (tertiary/aromatic N) is 1. The molecule has 1 aromatic rings. The largest absolute Gasteiger partial charge is 0.338 e. The van der Waals surface area contributed by atoms with E-state index < -0.39 is 5.82 Å². The molecule has 0 fully saturated rings. The van der Waals surface area contributed by atoms with E-state index in [0.717, 1.165) is 5.57 Å². The van der Waals surface area contributed by atoms with Gasteiger partial charge in [0.1, 0.15) is 5.82 Å². The van der Waals surface area contributed by atoms with Crippen LogP contribution in [0.3, 0.4) is 0 Å². The molecule has 86 valence electrons. The van der Waals surface area contributed by atoms with Gasteiger partial charge in [-0.3, -0.25) is 4.79 Å². The van der Waals surface area contributed by atoms with Gasteiger partial charge in [-0.1, -0.05) is 12.2 Å². The molecule has 0 radical (unpaired) electrons. The minimum Gasteiger partial charge on any atom is -0.338 e. The molecule has 1 rings (SSSR count). The smallest absolute Gasteiger partial charge is 0.253 e. The lowest BCUT2D eigenvalue weighted by atomic mass is 10.2. The fraction of sp³-hybridized carbons (Fsp3) is 0.250. The predicted octanol–water partition coefficient (Wildman–Crippen LogP) is 2.76. The highest BCUT2D eigenvalue weighted by atomic mass is 32.1. The summed E-state index contributed by atoms with van der Waals surface area (Å²) in [6.45, 7) is 6.06. The van der Waals surface area contributed by atoms with Crippen molar-refractivity contribution in [3.8, 4) is 0 Å². The van der Waals surface area contributed by atoms with Crippen molar-refractivity contribution >= 4 is 18.5 Å². The molecule has 0 N–H and O–H groups in total. The summed E-state index contributed by atoms with van der Waals surface area (Å²) >= 11 is 3.94. The molecule has 1 amide bonds. The third kappa shape index (κ3) is 3.10. The van der Waals surface area contributed by atoms with Crippen LogP contribution in [-0.2, 0) is 0 Å². The second-order valence-electron chi connectivity index (χ2n) is 3.78. The Morgan fingerprint density at radius 1 is 1.56 bits per heavy atom. The topological polar surface area (TPSA) is 20.3 Å². The molecule has 0 aliphatic carbocycles. The molecule has 0 heterocycles. The van der Waals surface area contributed by atoms with Gasteiger partial charge in [-0.2, -0.15) is 0 Å². The van der Waals surface area contributed by atoms with Gasteiger partial charge in [-0.25, -0.2) is 4.39 Å². The van der Waals surface area contributed by atoms with Crippen molar-refractivity contribution in [2.45, 2.75) is 11.8 Å². The standard InChI is InChI=1S/C12H14FNOS/c1-8(2)7-14(3)12(15)9-4-5-10(13)11(16)6-9/h4-6,16H,1,7H2,2-3H3. The Balaban J connectivity index is 2.88. The van der Waals surface area contributed by atoms with Crippen LogP contribution >= 0.6 is 12.6 Å². The molecule has 1 aromatic carbocycles. The minimum absolute atomic E-state index is 0.168. The second-order valence-corrected chi connectivity index (χ2v) is 4.27. The van der Waals surface area contributed by atoms with Crippen LogP contribution in [0.25, 0.3) is 0 Å². The lowest BCUT2D eigenvalue weighted by Gasteiger charge is -2.17. The van der Waals surface area contributed by atoms with Crippen LogP contribution in [0, 0.1) is 5.82 Å². The normalized spacial score (nSPS) is 10.0. The summed E-state index contributed by atoms with van der Waals surface area (Å²) in [4.78, 5) is 13.6. The molecule has 0 aromatic heterocycles. The van der Waals surface area contributed by atoms with Crippen LogP contribution in [0.1, 0.15) is 17.3 Å². The Hall–Kier alpha value is -1.29.